The summed E-state index contributed by atoms with van der Waals surface area (Å²) in [6.45, 7) is 7.14. The number of aromatic nitrogens is 2. The van der Waals surface area contributed by atoms with Crippen LogP contribution in [0.4, 0.5) is 0 Å². The van der Waals surface area contributed by atoms with Gasteiger partial charge < -0.3 is 0 Å². The number of benzene rings is 1. The molecule has 1 aliphatic heterocycles. The molecule has 4 heteroatoms. The van der Waals surface area contributed by atoms with Gasteiger partial charge in [-0.2, -0.15) is 0 Å². The average molecular weight is 288 g/mol. The summed E-state index contributed by atoms with van der Waals surface area (Å²) in [5.74, 6) is 0. The molecule has 20 heavy (non-hydrogen) atoms. The highest BCUT2D eigenvalue weighted by molar-refractivity contribution is 6.30. The van der Waals surface area contributed by atoms with Crippen LogP contribution in [0.15, 0.2) is 36.7 Å². The van der Waals surface area contributed by atoms with Crippen molar-refractivity contribution in [3.63, 3.8) is 0 Å². The summed E-state index contributed by atoms with van der Waals surface area (Å²) in [5, 5.41) is 0.584. The average Bonchev–Trinajstić information content (AvgIpc) is 2.41. The zero-order valence-corrected chi connectivity index (χ0v) is 12.6. The van der Waals surface area contributed by atoms with Crippen molar-refractivity contribution in [2.45, 2.75) is 32.4 Å². The summed E-state index contributed by atoms with van der Waals surface area (Å²) in [5.41, 5.74) is 3.47. The lowest BCUT2D eigenvalue weighted by molar-refractivity contribution is 0.182. The lowest BCUT2D eigenvalue weighted by Gasteiger charge is -2.39. The molecule has 104 valence electrons. The number of hydrogen-bond donors (Lipinski definition) is 0. The van der Waals surface area contributed by atoms with Crippen LogP contribution in [0.1, 0.15) is 30.7 Å². The summed E-state index contributed by atoms with van der Waals surface area (Å²) < 4.78 is 0. The molecular weight excluding hydrogens is 270 g/mol. The molecule has 0 atom stereocenters. The number of halogens is 1. The van der Waals surface area contributed by atoms with Gasteiger partial charge in [0.05, 0.1) is 5.69 Å². The van der Waals surface area contributed by atoms with Crippen LogP contribution in [0, 0.1) is 0 Å². The Balaban J connectivity index is 1.90. The Hall–Kier alpha value is -1.45. The van der Waals surface area contributed by atoms with Crippen LogP contribution in [-0.2, 0) is 18.5 Å². The van der Waals surface area contributed by atoms with Crippen LogP contribution in [0.25, 0.3) is 0 Å². The van der Waals surface area contributed by atoms with Gasteiger partial charge in [-0.25, -0.2) is 9.97 Å². The third-order valence-corrected chi connectivity index (χ3v) is 4.11. The van der Waals surface area contributed by atoms with Gasteiger partial charge >= 0.3 is 0 Å². The Morgan fingerprint density at radius 3 is 2.70 bits per heavy atom. The fraction of sp³-hybridized carbons (Fsp3) is 0.375. The minimum Gasteiger partial charge on any atom is -0.294 e. The van der Waals surface area contributed by atoms with Crippen molar-refractivity contribution in [3.05, 3.63) is 58.6 Å². The summed E-state index contributed by atoms with van der Waals surface area (Å²) >= 11 is 6.26. The van der Waals surface area contributed by atoms with Crippen LogP contribution in [0.5, 0.6) is 0 Å². The second-order valence-corrected chi connectivity index (χ2v) is 6.36. The van der Waals surface area contributed by atoms with Gasteiger partial charge in [0.1, 0.15) is 11.5 Å². The zero-order chi connectivity index (χ0) is 14.2. The standard InChI is InChI=1S/C16H18ClN3/c1-16(2)10-20(8-12-6-4-3-5-7-12)9-13-14(16)18-11-19-15(13)17/h3-7,11H,8-10H2,1-2H3. The van der Waals surface area contributed by atoms with E-state index in [1.54, 1.807) is 6.33 Å². The first-order chi connectivity index (χ1) is 9.56. The second-order valence-electron chi connectivity index (χ2n) is 6.01. The Bertz CT molecular complexity index is 610. The molecule has 0 aliphatic carbocycles. The highest BCUT2D eigenvalue weighted by Crippen LogP contribution is 2.34. The quantitative estimate of drug-likeness (QED) is 0.793. The third kappa shape index (κ3) is 2.56. The van der Waals surface area contributed by atoms with Crippen molar-refractivity contribution in [1.29, 1.82) is 0 Å². The molecule has 0 amide bonds. The van der Waals surface area contributed by atoms with Crippen LogP contribution in [0.2, 0.25) is 5.15 Å². The SMILES string of the molecule is CC1(C)CN(Cc2ccccc2)Cc2c(Cl)ncnc21. The lowest BCUT2D eigenvalue weighted by atomic mass is 9.82. The highest BCUT2D eigenvalue weighted by atomic mass is 35.5. The van der Waals surface area contributed by atoms with Gasteiger partial charge in [0, 0.05) is 30.6 Å². The molecule has 1 aromatic heterocycles. The van der Waals surface area contributed by atoms with E-state index in [9.17, 15) is 0 Å². The monoisotopic (exact) mass is 287 g/mol. The van der Waals surface area contributed by atoms with Gasteiger partial charge in [-0.15, -0.1) is 0 Å². The number of nitrogens with zero attached hydrogens (tertiary/aromatic N) is 3. The molecular formula is C16H18ClN3. The predicted molar refractivity (Wildman–Crippen MR) is 80.6 cm³/mol. The number of rotatable bonds is 2. The van der Waals surface area contributed by atoms with E-state index in [4.69, 9.17) is 11.6 Å². The van der Waals surface area contributed by atoms with E-state index in [1.807, 2.05) is 6.07 Å². The van der Waals surface area contributed by atoms with Gasteiger partial charge in [-0.1, -0.05) is 55.8 Å². The first-order valence-corrected chi connectivity index (χ1v) is 7.20. The molecule has 0 saturated heterocycles. The van der Waals surface area contributed by atoms with Crippen molar-refractivity contribution in [2.75, 3.05) is 6.54 Å². The molecule has 0 spiro atoms. The summed E-state index contributed by atoms with van der Waals surface area (Å²) in [7, 11) is 0. The Kier molecular flexibility index (Phi) is 3.48. The topological polar surface area (TPSA) is 29.0 Å². The number of fused-ring (bicyclic) bond motifs is 1. The molecule has 0 bridgehead atoms. The van der Waals surface area contributed by atoms with Crippen molar-refractivity contribution < 1.29 is 0 Å². The van der Waals surface area contributed by atoms with Gasteiger partial charge in [0.15, 0.2) is 0 Å². The molecule has 2 aromatic rings. The normalized spacial score (nSPS) is 17.8. The summed E-state index contributed by atoms with van der Waals surface area (Å²) in [4.78, 5) is 11.0. The summed E-state index contributed by atoms with van der Waals surface area (Å²) in [6, 6.07) is 10.5. The van der Waals surface area contributed by atoms with E-state index in [-0.39, 0.29) is 5.41 Å². The first-order valence-electron chi connectivity index (χ1n) is 6.82. The van der Waals surface area contributed by atoms with E-state index < -0.39 is 0 Å². The molecule has 0 saturated carbocycles. The molecule has 3 rings (SSSR count). The Morgan fingerprint density at radius 2 is 1.95 bits per heavy atom. The minimum absolute atomic E-state index is 0.00502. The molecule has 2 heterocycles. The zero-order valence-electron chi connectivity index (χ0n) is 11.8. The molecule has 0 unspecified atom stereocenters. The maximum atomic E-state index is 6.26. The van der Waals surface area contributed by atoms with Crippen LogP contribution in [0.3, 0.4) is 0 Å². The first kappa shape index (κ1) is 13.5. The van der Waals surface area contributed by atoms with E-state index >= 15 is 0 Å². The molecule has 0 fully saturated rings. The minimum atomic E-state index is -0.00502. The fourth-order valence-corrected chi connectivity index (χ4v) is 3.17. The molecule has 0 N–H and O–H groups in total. The second kappa shape index (κ2) is 5.15. The van der Waals surface area contributed by atoms with Gasteiger partial charge in [0.2, 0.25) is 0 Å². The highest BCUT2D eigenvalue weighted by Gasteiger charge is 2.34. The smallest absolute Gasteiger partial charge is 0.137 e. The van der Waals surface area contributed by atoms with Crippen LogP contribution in [-0.4, -0.2) is 21.4 Å². The molecule has 1 aromatic carbocycles. The maximum absolute atomic E-state index is 6.26. The fourth-order valence-electron chi connectivity index (χ4n) is 2.98. The summed E-state index contributed by atoms with van der Waals surface area (Å²) in [6.07, 6.45) is 1.57. The van der Waals surface area contributed by atoms with E-state index in [0.717, 1.165) is 30.9 Å². The Morgan fingerprint density at radius 1 is 1.20 bits per heavy atom. The largest absolute Gasteiger partial charge is 0.294 e. The van der Waals surface area contributed by atoms with E-state index in [0.29, 0.717) is 5.15 Å². The maximum Gasteiger partial charge on any atom is 0.137 e. The lowest BCUT2D eigenvalue weighted by Crippen LogP contribution is -2.42. The van der Waals surface area contributed by atoms with E-state index in [2.05, 4.69) is 53.0 Å². The van der Waals surface area contributed by atoms with Crippen molar-refractivity contribution in [2.24, 2.45) is 0 Å². The molecule has 0 radical (unpaired) electrons. The van der Waals surface area contributed by atoms with Crippen molar-refractivity contribution >= 4 is 11.6 Å². The van der Waals surface area contributed by atoms with Gasteiger partial charge in [0.25, 0.3) is 0 Å². The van der Waals surface area contributed by atoms with Crippen LogP contribution >= 0.6 is 11.6 Å². The predicted octanol–water partition coefficient (Wildman–Crippen LogP) is 3.42. The van der Waals surface area contributed by atoms with Gasteiger partial charge in [-0.3, -0.25) is 4.90 Å². The molecule has 1 aliphatic rings. The van der Waals surface area contributed by atoms with Crippen molar-refractivity contribution in [1.82, 2.24) is 14.9 Å². The molecule has 3 nitrogen and oxygen atoms in total. The third-order valence-electron chi connectivity index (χ3n) is 3.78. The van der Waals surface area contributed by atoms with Crippen LogP contribution < -0.4 is 0 Å². The van der Waals surface area contributed by atoms with Crippen molar-refractivity contribution in [3.8, 4) is 0 Å². The van der Waals surface area contributed by atoms with E-state index in [1.165, 1.54) is 5.56 Å². The Labute approximate surface area is 124 Å². The number of hydrogen-bond acceptors (Lipinski definition) is 3. The van der Waals surface area contributed by atoms with Gasteiger partial charge in [-0.05, 0) is 5.56 Å².